The van der Waals surface area contributed by atoms with Crippen molar-refractivity contribution >= 4 is 8.80 Å². The van der Waals surface area contributed by atoms with Crippen molar-refractivity contribution in [1.29, 1.82) is 0 Å². The maximum atomic E-state index is 14.0. The van der Waals surface area contributed by atoms with Crippen molar-refractivity contribution in [2.75, 3.05) is 21.3 Å². The molecule has 0 amide bonds. The van der Waals surface area contributed by atoms with Crippen molar-refractivity contribution in [1.82, 2.24) is 0 Å². The van der Waals surface area contributed by atoms with Crippen LogP contribution in [0.5, 0.6) is 0 Å². The topological polar surface area (TPSA) is 27.7 Å². The van der Waals surface area contributed by atoms with E-state index in [0.717, 1.165) is 6.92 Å². The second kappa shape index (κ2) is 7.19. The van der Waals surface area contributed by atoms with Crippen LogP contribution in [0.3, 0.4) is 0 Å². The zero-order chi connectivity index (χ0) is 20.5. The smallest absolute Gasteiger partial charge is 0.373 e. The van der Waals surface area contributed by atoms with Crippen LogP contribution in [-0.4, -0.2) is 59.4 Å². The van der Waals surface area contributed by atoms with E-state index in [9.17, 15) is 43.9 Å². The van der Waals surface area contributed by atoms with Gasteiger partial charge in [0.25, 0.3) is 0 Å². The molecular weight excluding hydrogens is 398 g/mol. The van der Waals surface area contributed by atoms with Crippen molar-refractivity contribution in [2.24, 2.45) is 0 Å². The summed E-state index contributed by atoms with van der Waals surface area (Å²) in [5.74, 6) is -26.6. The second-order valence-corrected chi connectivity index (χ2v) is 7.89. The molecule has 0 N–H and O–H groups in total. The first-order valence-electron chi connectivity index (χ1n) is 6.54. The third-order valence-corrected chi connectivity index (χ3v) is 6.09. The number of hydrogen-bond donors (Lipinski definition) is 0. The van der Waals surface area contributed by atoms with Crippen molar-refractivity contribution in [3.63, 3.8) is 0 Å². The molecule has 0 saturated carbocycles. The van der Waals surface area contributed by atoms with E-state index in [1.54, 1.807) is 0 Å². The fourth-order valence-corrected chi connectivity index (χ4v) is 3.73. The summed E-state index contributed by atoms with van der Waals surface area (Å²) in [5.41, 5.74) is -6.16. The summed E-state index contributed by atoms with van der Waals surface area (Å²) >= 11 is 0. The van der Waals surface area contributed by atoms with Gasteiger partial charge in [0.15, 0.2) is 0 Å². The molecule has 0 unspecified atom stereocenters. The zero-order valence-electron chi connectivity index (χ0n) is 13.4. The lowest BCUT2D eigenvalue weighted by Crippen LogP contribution is -2.75. The predicted octanol–water partition coefficient (Wildman–Crippen LogP) is 4.38. The molecule has 0 heterocycles. The molecule has 0 rings (SSSR count). The van der Waals surface area contributed by atoms with Gasteiger partial charge in [-0.05, 0) is 0 Å². The second-order valence-electron chi connectivity index (χ2n) is 4.92. The third kappa shape index (κ3) is 3.25. The number of hydrogen-bond acceptors (Lipinski definition) is 3. The highest BCUT2D eigenvalue weighted by atomic mass is 28.4. The van der Waals surface area contributed by atoms with Gasteiger partial charge in [0.1, 0.15) is 0 Å². The summed E-state index contributed by atoms with van der Waals surface area (Å²) in [5, 5.41) is 0. The highest BCUT2D eigenvalue weighted by Gasteiger charge is 2.91. The fraction of sp³-hybridized carbons (Fsp3) is 1.00. The highest BCUT2D eigenvalue weighted by molar-refractivity contribution is 6.63. The van der Waals surface area contributed by atoms with Gasteiger partial charge in [0, 0.05) is 27.8 Å². The van der Waals surface area contributed by atoms with E-state index in [1.807, 2.05) is 0 Å². The largest absolute Gasteiger partial charge is 0.581 e. The summed E-state index contributed by atoms with van der Waals surface area (Å²) < 4.78 is 148. The standard InChI is InChI=1S/C11H16F10O3Si/c1-5-6-7(12,13)8(14,15)9(16,17)10(18,19)11(20,21)25(22-2,23-3)24-4/h5-6H2,1-4H3. The molecular formula is C11H16F10O3Si. The van der Waals surface area contributed by atoms with Gasteiger partial charge >= 0.3 is 38.0 Å². The van der Waals surface area contributed by atoms with Crippen LogP contribution in [0.15, 0.2) is 0 Å². The Balaban J connectivity index is 6.37. The van der Waals surface area contributed by atoms with Gasteiger partial charge in [-0.3, -0.25) is 0 Å². The number of halogens is 10. The van der Waals surface area contributed by atoms with E-state index in [1.165, 1.54) is 0 Å². The Hall–Kier alpha value is -0.603. The molecule has 0 aromatic rings. The molecule has 14 heteroatoms. The molecule has 0 saturated heterocycles. The minimum Gasteiger partial charge on any atom is -0.373 e. The Labute approximate surface area is 137 Å². The van der Waals surface area contributed by atoms with Crippen molar-refractivity contribution < 1.29 is 57.2 Å². The van der Waals surface area contributed by atoms with E-state index in [-0.39, 0.29) is 0 Å². The minimum absolute atomic E-state index is 0.325. The monoisotopic (exact) mass is 414 g/mol. The molecule has 0 aliphatic rings. The van der Waals surface area contributed by atoms with Gasteiger partial charge in [0.2, 0.25) is 0 Å². The summed E-state index contributed by atoms with van der Waals surface area (Å²) in [6.45, 7) is 0.883. The Bertz CT molecular complexity index is 445. The summed E-state index contributed by atoms with van der Waals surface area (Å²) in [7, 11) is -5.01. The van der Waals surface area contributed by atoms with Crippen LogP contribution in [0.4, 0.5) is 43.9 Å². The lowest BCUT2D eigenvalue weighted by atomic mass is 9.96. The van der Waals surface area contributed by atoms with E-state index >= 15 is 0 Å². The van der Waals surface area contributed by atoms with Crippen LogP contribution in [0.2, 0.25) is 0 Å². The van der Waals surface area contributed by atoms with Crippen molar-refractivity contribution in [3.8, 4) is 0 Å². The molecule has 0 aromatic heterocycles. The van der Waals surface area contributed by atoms with Gasteiger partial charge < -0.3 is 13.3 Å². The van der Waals surface area contributed by atoms with E-state index in [2.05, 4.69) is 13.3 Å². The first kappa shape index (κ1) is 24.4. The van der Waals surface area contributed by atoms with Crippen LogP contribution in [-0.2, 0) is 13.3 Å². The van der Waals surface area contributed by atoms with Crippen LogP contribution in [0.25, 0.3) is 0 Å². The van der Waals surface area contributed by atoms with E-state index in [0.29, 0.717) is 21.3 Å². The lowest BCUT2D eigenvalue weighted by molar-refractivity contribution is -0.395. The maximum absolute atomic E-state index is 14.0. The quantitative estimate of drug-likeness (QED) is 0.392. The Morgan fingerprint density at radius 1 is 0.640 bits per heavy atom. The van der Waals surface area contributed by atoms with Crippen LogP contribution < -0.4 is 0 Å². The van der Waals surface area contributed by atoms with Gasteiger partial charge in [-0.1, -0.05) is 13.3 Å². The molecule has 0 radical (unpaired) electrons. The zero-order valence-corrected chi connectivity index (χ0v) is 14.4. The molecule has 25 heavy (non-hydrogen) atoms. The highest BCUT2D eigenvalue weighted by Crippen LogP contribution is 2.59. The summed E-state index contributed by atoms with van der Waals surface area (Å²) in [6.07, 6.45) is -2.73. The maximum Gasteiger partial charge on any atom is 0.581 e. The van der Waals surface area contributed by atoms with Gasteiger partial charge in [0.05, 0.1) is 0 Å². The summed E-state index contributed by atoms with van der Waals surface area (Å²) in [4.78, 5) is 0. The first-order valence-corrected chi connectivity index (χ1v) is 8.26. The first-order chi connectivity index (χ1) is 11.0. The fourth-order valence-electron chi connectivity index (χ4n) is 1.92. The van der Waals surface area contributed by atoms with E-state index < -0.39 is 50.9 Å². The van der Waals surface area contributed by atoms with Crippen LogP contribution >= 0.6 is 0 Å². The van der Waals surface area contributed by atoms with Crippen LogP contribution in [0.1, 0.15) is 19.8 Å². The molecule has 0 spiro atoms. The Morgan fingerprint density at radius 3 is 1.28 bits per heavy atom. The minimum atomic E-state index is -7.16. The van der Waals surface area contributed by atoms with Gasteiger partial charge in [-0.15, -0.1) is 0 Å². The summed E-state index contributed by atoms with van der Waals surface area (Å²) in [6, 6.07) is 0. The molecule has 0 aliphatic heterocycles. The average molecular weight is 414 g/mol. The molecule has 0 aromatic carbocycles. The molecule has 3 nitrogen and oxygen atoms in total. The van der Waals surface area contributed by atoms with Crippen LogP contribution in [0, 0.1) is 0 Å². The molecule has 152 valence electrons. The van der Waals surface area contributed by atoms with Crippen molar-refractivity contribution in [3.05, 3.63) is 0 Å². The molecule has 0 aliphatic carbocycles. The molecule has 0 bridgehead atoms. The van der Waals surface area contributed by atoms with Gasteiger partial charge in [-0.2, -0.15) is 43.9 Å². The number of rotatable bonds is 10. The predicted molar refractivity (Wildman–Crippen MR) is 66.4 cm³/mol. The number of alkyl halides is 10. The van der Waals surface area contributed by atoms with Gasteiger partial charge in [-0.25, -0.2) is 0 Å². The SMILES string of the molecule is CCCC(F)(F)C(F)(F)C(F)(F)C(F)(F)C(F)(F)[Si](OC)(OC)OC. The normalized spacial score (nSPS) is 15.6. The lowest BCUT2D eigenvalue weighted by Gasteiger charge is -2.42. The Kier molecular flexibility index (Phi) is 7.02. The van der Waals surface area contributed by atoms with E-state index in [4.69, 9.17) is 0 Å². The van der Waals surface area contributed by atoms with Crippen molar-refractivity contribution in [2.45, 2.75) is 49.0 Å². The Morgan fingerprint density at radius 2 is 1.00 bits per heavy atom. The third-order valence-electron chi connectivity index (χ3n) is 3.40. The molecule has 0 atom stereocenters. The molecule has 0 fully saturated rings. The average Bonchev–Trinajstić information content (AvgIpc) is 2.48.